The summed E-state index contributed by atoms with van der Waals surface area (Å²) < 4.78 is 11.8. The fraction of sp³-hybridized carbons (Fsp3) is 0.308. The minimum absolute atomic E-state index is 0.103. The van der Waals surface area contributed by atoms with Crippen molar-refractivity contribution >= 4 is 45.5 Å². The molecule has 36 heavy (non-hydrogen) atoms. The number of aliphatic imine (C=N–C) groups is 1. The van der Waals surface area contributed by atoms with E-state index in [1.165, 1.54) is 0 Å². The van der Waals surface area contributed by atoms with Crippen molar-refractivity contribution < 1.29 is 9.47 Å². The summed E-state index contributed by atoms with van der Waals surface area (Å²) in [4.78, 5) is 18.1. The third kappa shape index (κ3) is 4.82. The Bertz CT molecular complexity index is 1400. The van der Waals surface area contributed by atoms with Gasteiger partial charge in [-0.2, -0.15) is 0 Å². The van der Waals surface area contributed by atoms with Crippen molar-refractivity contribution in [1.29, 1.82) is 0 Å². The van der Waals surface area contributed by atoms with Gasteiger partial charge < -0.3 is 25.4 Å². The largest absolute Gasteiger partial charge is 0.486 e. The van der Waals surface area contributed by atoms with Gasteiger partial charge in [0.1, 0.15) is 41.7 Å². The second kappa shape index (κ2) is 9.71. The molecule has 2 aromatic heterocycles. The van der Waals surface area contributed by atoms with Crippen LogP contribution in [0, 0.1) is 6.92 Å². The number of aromatic nitrogens is 3. The third-order valence-electron chi connectivity index (χ3n) is 6.51. The van der Waals surface area contributed by atoms with Crippen LogP contribution in [0.25, 0.3) is 10.9 Å². The molecule has 0 amide bonds. The van der Waals surface area contributed by atoms with E-state index in [1.807, 2.05) is 48.7 Å². The summed E-state index contributed by atoms with van der Waals surface area (Å²) >= 11 is 1.59. The lowest BCUT2D eigenvalue weighted by Crippen LogP contribution is -2.41. The number of nitrogens with one attached hydrogen (secondary N) is 3. The number of nitrogens with zero attached hydrogens (tertiary/aromatic N) is 4. The molecule has 2 aliphatic heterocycles. The van der Waals surface area contributed by atoms with Crippen LogP contribution in [0.15, 0.2) is 59.3 Å². The smallest absolute Gasteiger partial charge is 0.289 e. The monoisotopic (exact) mass is 501 g/mol. The van der Waals surface area contributed by atoms with Gasteiger partial charge in [-0.05, 0) is 74.8 Å². The minimum atomic E-state index is -0.103. The molecular weight excluding hydrogens is 474 g/mol. The number of ether oxygens (including phenoxy) is 2. The molecule has 0 aliphatic carbocycles. The molecule has 0 radical (unpaired) electrons. The van der Waals surface area contributed by atoms with Crippen LogP contribution in [-0.4, -0.2) is 46.2 Å². The summed E-state index contributed by atoms with van der Waals surface area (Å²) in [5, 5.41) is 14.0. The lowest BCUT2D eigenvalue weighted by Gasteiger charge is -2.28. The average molecular weight is 502 g/mol. The van der Waals surface area contributed by atoms with Gasteiger partial charge in [0.2, 0.25) is 0 Å². The summed E-state index contributed by atoms with van der Waals surface area (Å²) in [6, 6.07) is 12.6. The number of fused-ring (bicyclic) bond motifs is 1. The molecule has 1 saturated heterocycles. The van der Waals surface area contributed by atoms with Gasteiger partial charge in [0.25, 0.3) is 6.02 Å². The highest BCUT2D eigenvalue weighted by molar-refractivity contribution is 7.09. The average Bonchev–Trinajstić information content (AvgIpc) is 3.55. The molecule has 0 bridgehead atoms. The fourth-order valence-corrected chi connectivity index (χ4v) is 5.07. The number of hydrogen-bond acceptors (Lipinski definition) is 10. The second-order valence-electron chi connectivity index (χ2n) is 9.08. The molecule has 2 aromatic carbocycles. The lowest BCUT2D eigenvalue weighted by molar-refractivity contribution is 0.214. The summed E-state index contributed by atoms with van der Waals surface area (Å²) in [7, 11) is 0. The summed E-state index contributed by atoms with van der Waals surface area (Å²) in [6.45, 7) is 5.07. The van der Waals surface area contributed by atoms with Crippen molar-refractivity contribution in [1.82, 2.24) is 20.3 Å². The van der Waals surface area contributed by atoms with Crippen LogP contribution < -0.4 is 20.7 Å². The predicted molar refractivity (Wildman–Crippen MR) is 142 cm³/mol. The Balaban J connectivity index is 1.19. The maximum absolute atomic E-state index is 5.94. The number of thiazole rings is 1. The van der Waals surface area contributed by atoms with E-state index in [1.54, 1.807) is 23.9 Å². The van der Waals surface area contributed by atoms with Crippen molar-refractivity contribution in [2.45, 2.75) is 31.9 Å². The molecule has 0 saturated carbocycles. The Morgan fingerprint density at radius 1 is 1.06 bits per heavy atom. The summed E-state index contributed by atoms with van der Waals surface area (Å²) in [5.74, 6) is 1.56. The zero-order valence-electron chi connectivity index (χ0n) is 20.0. The molecule has 1 spiro atoms. The van der Waals surface area contributed by atoms with Crippen LogP contribution in [0.4, 0.5) is 17.2 Å². The highest BCUT2D eigenvalue weighted by atomic mass is 32.1. The molecule has 0 atom stereocenters. The molecule has 3 N–H and O–H groups in total. The van der Waals surface area contributed by atoms with E-state index in [9.17, 15) is 0 Å². The Hall–Kier alpha value is -3.76. The first-order valence-electron chi connectivity index (χ1n) is 12.0. The van der Waals surface area contributed by atoms with Gasteiger partial charge in [0, 0.05) is 28.3 Å². The molecule has 6 rings (SSSR count). The quantitative estimate of drug-likeness (QED) is 0.351. The minimum Gasteiger partial charge on any atom is -0.486 e. The van der Waals surface area contributed by atoms with Crippen molar-refractivity contribution in [3.63, 3.8) is 0 Å². The van der Waals surface area contributed by atoms with Crippen molar-refractivity contribution in [2.24, 2.45) is 4.99 Å². The van der Waals surface area contributed by atoms with Gasteiger partial charge in [-0.25, -0.2) is 19.9 Å². The normalized spacial score (nSPS) is 16.5. The topological polar surface area (TPSA) is 106 Å². The van der Waals surface area contributed by atoms with E-state index in [2.05, 4.69) is 30.9 Å². The lowest BCUT2D eigenvalue weighted by atomic mass is 9.91. The first kappa shape index (κ1) is 22.7. The first-order valence-corrected chi connectivity index (χ1v) is 12.9. The number of hydrogen-bond donors (Lipinski definition) is 3. The van der Waals surface area contributed by atoms with Gasteiger partial charge in [0.05, 0.1) is 5.52 Å². The number of benzene rings is 2. The van der Waals surface area contributed by atoms with E-state index in [-0.39, 0.29) is 5.54 Å². The maximum atomic E-state index is 5.94. The molecule has 4 heterocycles. The van der Waals surface area contributed by atoms with Crippen LogP contribution in [-0.2, 0) is 11.3 Å². The molecule has 10 heteroatoms. The SMILES string of the molecule is Cc1cc(Nc2ncnc3ccc(NC4=NC5(CCNCC5)CO4)cc23)ccc1OCc1nccs1. The van der Waals surface area contributed by atoms with Crippen LogP contribution in [0.2, 0.25) is 0 Å². The Morgan fingerprint density at radius 3 is 2.75 bits per heavy atom. The number of piperidine rings is 1. The third-order valence-corrected chi connectivity index (χ3v) is 7.26. The van der Waals surface area contributed by atoms with Crippen molar-refractivity contribution in [2.75, 3.05) is 30.3 Å². The standard InChI is InChI=1S/C26H27N7O2S/c1-17-12-18(3-5-22(17)34-14-23-28-10-11-36-23)31-24-20-13-19(2-4-21(20)29-16-30-24)32-25-33-26(15-35-25)6-8-27-9-7-26/h2-5,10-13,16,27H,6-9,14-15H2,1H3,(H,32,33)(H,29,30,31). The predicted octanol–water partition coefficient (Wildman–Crippen LogP) is 4.64. The van der Waals surface area contributed by atoms with Gasteiger partial charge in [-0.15, -0.1) is 11.3 Å². The molecule has 0 unspecified atom stereocenters. The van der Waals surface area contributed by atoms with Crippen LogP contribution in [0.1, 0.15) is 23.4 Å². The molecule has 1 fully saturated rings. The van der Waals surface area contributed by atoms with Crippen LogP contribution in [0.5, 0.6) is 5.75 Å². The van der Waals surface area contributed by atoms with Gasteiger partial charge in [0.15, 0.2) is 0 Å². The summed E-state index contributed by atoms with van der Waals surface area (Å²) in [5.41, 5.74) is 3.58. The number of rotatable bonds is 6. The van der Waals surface area contributed by atoms with Gasteiger partial charge in [-0.3, -0.25) is 0 Å². The Morgan fingerprint density at radius 2 is 1.92 bits per heavy atom. The molecule has 4 aromatic rings. The van der Waals surface area contributed by atoms with Crippen molar-refractivity contribution in [3.05, 3.63) is 64.9 Å². The number of amidine groups is 1. The second-order valence-corrected chi connectivity index (χ2v) is 10.1. The van der Waals surface area contributed by atoms with E-state index in [0.717, 1.165) is 70.3 Å². The first-order chi connectivity index (χ1) is 17.7. The molecule has 2 aliphatic rings. The fourth-order valence-electron chi connectivity index (χ4n) is 4.54. The van der Waals surface area contributed by atoms with E-state index >= 15 is 0 Å². The van der Waals surface area contributed by atoms with E-state index in [4.69, 9.17) is 14.5 Å². The zero-order valence-corrected chi connectivity index (χ0v) is 20.8. The Kier molecular flexibility index (Phi) is 6.12. The highest BCUT2D eigenvalue weighted by Crippen LogP contribution is 2.31. The highest BCUT2D eigenvalue weighted by Gasteiger charge is 2.37. The molecular formula is C26H27N7O2S. The molecule has 184 valence electrons. The Labute approximate surface area is 213 Å². The van der Waals surface area contributed by atoms with Crippen molar-refractivity contribution in [3.8, 4) is 5.75 Å². The van der Waals surface area contributed by atoms with Gasteiger partial charge in [-0.1, -0.05) is 0 Å². The molecule has 9 nitrogen and oxygen atoms in total. The number of anilines is 3. The van der Waals surface area contributed by atoms with Crippen LogP contribution in [0.3, 0.4) is 0 Å². The van der Waals surface area contributed by atoms with Gasteiger partial charge >= 0.3 is 0 Å². The van der Waals surface area contributed by atoms with E-state index in [0.29, 0.717) is 19.2 Å². The number of aryl methyl sites for hydroxylation is 1. The summed E-state index contributed by atoms with van der Waals surface area (Å²) in [6.07, 6.45) is 5.34. The maximum Gasteiger partial charge on any atom is 0.289 e. The van der Waals surface area contributed by atoms with E-state index < -0.39 is 0 Å². The van der Waals surface area contributed by atoms with Crippen LogP contribution >= 0.6 is 11.3 Å². The zero-order chi connectivity index (χ0) is 24.4.